The Hall–Kier alpha value is -6.72. The number of para-hydroxylation sites is 4. The molecule has 0 aliphatic rings. The minimum atomic E-state index is 0.639. The van der Waals surface area contributed by atoms with E-state index in [0.717, 1.165) is 88.0 Å². The fourth-order valence-electron chi connectivity index (χ4n) is 7.89. The molecule has 0 radical (unpaired) electrons. The van der Waals surface area contributed by atoms with E-state index in [1.54, 1.807) is 0 Å². The summed E-state index contributed by atoms with van der Waals surface area (Å²) in [6.07, 6.45) is 0. The minimum absolute atomic E-state index is 0.639. The van der Waals surface area contributed by atoms with Crippen molar-refractivity contribution in [2.45, 2.75) is 0 Å². The number of hydrogen-bond donors (Lipinski definition) is 0. The average Bonchev–Trinajstić information content (AvgIpc) is 3.82. The van der Waals surface area contributed by atoms with Crippen LogP contribution in [0.25, 0.3) is 99.3 Å². The largest absolute Gasteiger partial charge is 0.456 e. The first-order chi connectivity index (χ1) is 24.3. The van der Waals surface area contributed by atoms with Crippen molar-refractivity contribution in [1.82, 2.24) is 19.1 Å². The molecule has 5 heteroatoms. The van der Waals surface area contributed by atoms with Crippen molar-refractivity contribution >= 4 is 76.5 Å². The van der Waals surface area contributed by atoms with Crippen LogP contribution in [0.2, 0.25) is 0 Å². The highest BCUT2D eigenvalue weighted by Gasteiger charge is 2.25. The molecule has 4 heterocycles. The number of rotatable bonds is 3. The van der Waals surface area contributed by atoms with Gasteiger partial charge in [-0.2, -0.15) is 0 Å². The van der Waals surface area contributed by atoms with Gasteiger partial charge in [0, 0.05) is 49.0 Å². The average molecular weight is 627 g/mol. The lowest BCUT2D eigenvalue weighted by molar-refractivity contribution is 0.669. The van der Waals surface area contributed by atoms with E-state index in [1.165, 1.54) is 5.39 Å². The third-order valence-corrected chi connectivity index (χ3v) is 9.92. The lowest BCUT2D eigenvalue weighted by atomic mass is 10.0. The van der Waals surface area contributed by atoms with Crippen molar-refractivity contribution in [1.29, 1.82) is 0 Å². The lowest BCUT2D eigenvalue weighted by Crippen LogP contribution is -2.04. The molecule has 228 valence electrons. The molecule has 0 fully saturated rings. The maximum atomic E-state index is 6.41. The van der Waals surface area contributed by atoms with Gasteiger partial charge in [-0.15, -0.1) is 0 Å². The number of aromatic nitrogens is 4. The molecule has 11 rings (SSSR count). The van der Waals surface area contributed by atoms with Crippen molar-refractivity contribution in [3.8, 4) is 22.9 Å². The molecule has 0 N–H and O–H groups in total. The molecule has 0 aliphatic carbocycles. The molecule has 49 heavy (non-hydrogen) atoms. The summed E-state index contributed by atoms with van der Waals surface area (Å²) in [5.41, 5.74) is 10.1. The van der Waals surface area contributed by atoms with Gasteiger partial charge in [0.15, 0.2) is 0 Å². The van der Waals surface area contributed by atoms with Gasteiger partial charge in [-0.25, -0.2) is 9.97 Å². The van der Waals surface area contributed by atoms with Gasteiger partial charge >= 0.3 is 0 Å². The van der Waals surface area contributed by atoms with Crippen molar-refractivity contribution < 1.29 is 4.42 Å². The second-order valence-corrected chi connectivity index (χ2v) is 12.6. The molecule has 0 saturated heterocycles. The molecular formula is C44H26N4O. The van der Waals surface area contributed by atoms with Crippen LogP contribution in [0.1, 0.15) is 0 Å². The van der Waals surface area contributed by atoms with E-state index in [9.17, 15) is 0 Å². The van der Waals surface area contributed by atoms with Crippen LogP contribution < -0.4 is 0 Å². The van der Waals surface area contributed by atoms with Crippen LogP contribution in [0, 0.1) is 0 Å². The molecule has 5 nitrogen and oxygen atoms in total. The SMILES string of the molecule is c1ccc(-c2nc(-n3c4ccccc4c4ccc5c6c7c(ccc6n(-c6ccccc6)c5c43)oc3ccccc37)nc3ccccc23)cc1. The molecule has 0 spiro atoms. The van der Waals surface area contributed by atoms with Crippen LogP contribution in [0.3, 0.4) is 0 Å². The Labute approximate surface area is 279 Å². The minimum Gasteiger partial charge on any atom is -0.456 e. The van der Waals surface area contributed by atoms with E-state index in [-0.39, 0.29) is 0 Å². The Morgan fingerprint density at radius 3 is 1.94 bits per heavy atom. The highest BCUT2D eigenvalue weighted by atomic mass is 16.3. The summed E-state index contributed by atoms with van der Waals surface area (Å²) in [4.78, 5) is 10.7. The van der Waals surface area contributed by atoms with E-state index >= 15 is 0 Å². The predicted octanol–water partition coefficient (Wildman–Crippen LogP) is 11.4. The summed E-state index contributed by atoms with van der Waals surface area (Å²) in [5, 5.41) is 7.89. The normalized spacial score (nSPS) is 12.1. The van der Waals surface area contributed by atoms with Crippen molar-refractivity contribution in [2.24, 2.45) is 0 Å². The Morgan fingerprint density at radius 2 is 1.08 bits per heavy atom. The molecule has 4 aromatic heterocycles. The van der Waals surface area contributed by atoms with Gasteiger partial charge in [0.05, 0.1) is 33.3 Å². The predicted molar refractivity (Wildman–Crippen MR) is 201 cm³/mol. The second kappa shape index (κ2) is 9.89. The molecule has 7 aromatic carbocycles. The van der Waals surface area contributed by atoms with E-state index in [1.807, 2.05) is 18.2 Å². The summed E-state index contributed by atoms with van der Waals surface area (Å²) in [6.45, 7) is 0. The molecule has 0 saturated carbocycles. The number of fused-ring (bicyclic) bond motifs is 12. The molecule has 0 amide bonds. The molecule has 11 aromatic rings. The first-order valence-corrected chi connectivity index (χ1v) is 16.5. The monoisotopic (exact) mass is 626 g/mol. The number of benzene rings is 7. The first-order valence-electron chi connectivity index (χ1n) is 16.5. The van der Waals surface area contributed by atoms with Crippen LogP contribution in [-0.4, -0.2) is 19.1 Å². The molecule has 0 aliphatic heterocycles. The highest BCUT2D eigenvalue weighted by Crippen LogP contribution is 2.45. The van der Waals surface area contributed by atoms with Gasteiger partial charge in [-0.1, -0.05) is 115 Å². The lowest BCUT2D eigenvalue weighted by Gasteiger charge is -2.13. The molecular weight excluding hydrogens is 601 g/mol. The van der Waals surface area contributed by atoms with Crippen LogP contribution in [0.4, 0.5) is 0 Å². The molecule has 0 unspecified atom stereocenters. The summed E-state index contributed by atoms with van der Waals surface area (Å²) in [7, 11) is 0. The Balaban J connectivity index is 1.38. The van der Waals surface area contributed by atoms with Gasteiger partial charge in [0.2, 0.25) is 5.95 Å². The standard InChI is InChI=1S/C44H26N4O/c1-3-13-27(14-4-1)41-31-18-7-10-20-34(31)45-44(46-41)48-35-21-11-8-17-29(35)30-23-24-33-39-36(47(43(33)42(30)48)28-15-5-2-6-16-28)25-26-38-40(39)32-19-9-12-22-37(32)49-38/h1-26H. The van der Waals surface area contributed by atoms with E-state index in [0.29, 0.717) is 5.95 Å². The topological polar surface area (TPSA) is 48.8 Å². The van der Waals surface area contributed by atoms with E-state index in [2.05, 4.69) is 149 Å². The van der Waals surface area contributed by atoms with Gasteiger partial charge in [0.25, 0.3) is 0 Å². The van der Waals surface area contributed by atoms with Crippen LogP contribution in [0.5, 0.6) is 0 Å². The van der Waals surface area contributed by atoms with Crippen molar-refractivity contribution in [3.63, 3.8) is 0 Å². The zero-order valence-electron chi connectivity index (χ0n) is 26.2. The molecule has 0 bridgehead atoms. The summed E-state index contributed by atoms with van der Waals surface area (Å²) >= 11 is 0. The van der Waals surface area contributed by atoms with Gasteiger partial charge in [0.1, 0.15) is 11.2 Å². The van der Waals surface area contributed by atoms with E-state index in [4.69, 9.17) is 14.4 Å². The summed E-state index contributed by atoms with van der Waals surface area (Å²) < 4.78 is 11.1. The molecule has 0 atom stereocenters. The fourth-order valence-corrected chi connectivity index (χ4v) is 7.89. The maximum absolute atomic E-state index is 6.41. The maximum Gasteiger partial charge on any atom is 0.235 e. The zero-order chi connectivity index (χ0) is 32.1. The Kier molecular flexibility index (Phi) is 5.32. The Morgan fingerprint density at radius 1 is 0.408 bits per heavy atom. The van der Waals surface area contributed by atoms with Crippen LogP contribution in [0.15, 0.2) is 162 Å². The Bertz CT molecular complexity index is 3100. The second-order valence-electron chi connectivity index (χ2n) is 12.6. The number of nitrogens with zero attached hydrogens (tertiary/aromatic N) is 4. The third-order valence-electron chi connectivity index (χ3n) is 9.92. The fraction of sp³-hybridized carbons (Fsp3) is 0. The zero-order valence-corrected chi connectivity index (χ0v) is 26.2. The number of furan rings is 1. The van der Waals surface area contributed by atoms with Gasteiger partial charge in [-0.05, 0) is 42.5 Å². The van der Waals surface area contributed by atoms with Gasteiger partial charge in [-0.3, -0.25) is 4.57 Å². The van der Waals surface area contributed by atoms with Crippen LogP contribution >= 0.6 is 0 Å². The smallest absolute Gasteiger partial charge is 0.235 e. The quantitative estimate of drug-likeness (QED) is 0.196. The van der Waals surface area contributed by atoms with Gasteiger partial charge < -0.3 is 8.98 Å². The highest BCUT2D eigenvalue weighted by molar-refractivity contribution is 6.31. The van der Waals surface area contributed by atoms with Crippen molar-refractivity contribution in [2.75, 3.05) is 0 Å². The summed E-state index contributed by atoms with van der Waals surface area (Å²) in [5.74, 6) is 0.639. The third kappa shape index (κ3) is 3.64. The summed E-state index contributed by atoms with van der Waals surface area (Å²) in [6, 6.07) is 55.1. The van der Waals surface area contributed by atoms with E-state index < -0.39 is 0 Å². The number of hydrogen-bond acceptors (Lipinski definition) is 3. The first kappa shape index (κ1) is 26.4. The van der Waals surface area contributed by atoms with Crippen molar-refractivity contribution in [3.05, 3.63) is 158 Å². The van der Waals surface area contributed by atoms with Crippen LogP contribution in [-0.2, 0) is 0 Å².